The van der Waals surface area contributed by atoms with E-state index < -0.39 is 6.10 Å². The maximum atomic E-state index is 9.65. The minimum Gasteiger partial charge on any atom is -0.495 e. The van der Waals surface area contributed by atoms with Crippen molar-refractivity contribution < 1.29 is 9.84 Å². The van der Waals surface area contributed by atoms with Gasteiger partial charge in [0.2, 0.25) is 0 Å². The normalized spacial score (nSPS) is 16.3. The third-order valence-corrected chi connectivity index (χ3v) is 3.37. The molecule has 0 spiro atoms. The van der Waals surface area contributed by atoms with Crippen LogP contribution in [0.3, 0.4) is 0 Å². The largest absolute Gasteiger partial charge is 0.495 e. The quantitative estimate of drug-likeness (QED) is 0.840. The fourth-order valence-corrected chi connectivity index (χ4v) is 2.61. The number of halogens is 1. The topological polar surface area (TPSA) is 29.5 Å². The van der Waals surface area contributed by atoms with Gasteiger partial charge in [-0.2, -0.15) is 0 Å². The van der Waals surface area contributed by atoms with Crippen molar-refractivity contribution in [3.05, 3.63) is 27.8 Å². The van der Waals surface area contributed by atoms with Crippen LogP contribution in [0.4, 0.5) is 0 Å². The standard InChI is InChI=1S/C12H15ClO2/c1-7(14)10-6-8-4-3-5-9(8)11(13)12(10)15-2/h6-7,14H,3-5H2,1-2H3. The van der Waals surface area contributed by atoms with Crippen LogP contribution < -0.4 is 4.74 Å². The molecule has 1 unspecified atom stereocenters. The average molecular weight is 227 g/mol. The Balaban J connectivity index is 2.61. The van der Waals surface area contributed by atoms with E-state index in [0.717, 1.165) is 24.8 Å². The molecule has 0 bridgehead atoms. The summed E-state index contributed by atoms with van der Waals surface area (Å²) in [4.78, 5) is 0. The number of ether oxygens (including phenoxy) is 1. The van der Waals surface area contributed by atoms with Crippen LogP contribution in [-0.4, -0.2) is 12.2 Å². The van der Waals surface area contributed by atoms with Gasteiger partial charge in [-0.3, -0.25) is 0 Å². The number of hydrogen-bond acceptors (Lipinski definition) is 2. The van der Waals surface area contributed by atoms with Crippen LogP contribution in [-0.2, 0) is 12.8 Å². The Kier molecular flexibility index (Phi) is 2.89. The summed E-state index contributed by atoms with van der Waals surface area (Å²) in [5.41, 5.74) is 3.25. The minimum absolute atomic E-state index is 0.539. The van der Waals surface area contributed by atoms with E-state index in [1.165, 1.54) is 11.1 Å². The van der Waals surface area contributed by atoms with Gasteiger partial charge in [0.15, 0.2) is 0 Å². The van der Waals surface area contributed by atoms with Crippen LogP contribution in [0.5, 0.6) is 5.75 Å². The zero-order chi connectivity index (χ0) is 11.0. The van der Waals surface area contributed by atoms with Crippen LogP contribution in [0, 0.1) is 0 Å². The first kappa shape index (κ1) is 10.8. The second-order valence-corrected chi connectivity index (χ2v) is 4.36. The van der Waals surface area contributed by atoms with E-state index in [0.29, 0.717) is 10.8 Å². The summed E-state index contributed by atoms with van der Waals surface area (Å²) in [5, 5.41) is 10.3. The molecule has 0 saturated carbocycles. The summed E-state index contributed by atoms with van der Waals surface area (Å²) in [6.07, 6.45) is 2.67. The van der Waals surface area contributed by atoms with Gasteiger partial charge in [0.05, 0.1) is 18.2 Å². The lowest BCUT2D eigenvalue weighted by Gasteiger charge is -2.16. The Bertz CT molecular complexity index is 386. The van der Waals surface area contributed by atoms with Gasteiger partial charge in [-0.1, -0.05) is 11.6 Å². The highest BCUT2D eigenvalue weighted by atomic mass is 35.5. The second-order valence-electron chi connectivity index (χ2n) is 3.98. The summed E-state index contributed by atoms with van der Waals surface area (Å²) < 4.78 is 5.27. The average Bonchev–Trinajstić information content (AvgIpc) is 2.65. The van der Waals surface area contributed by atoms with Crippen molar-refractivity contribution in [1.29, 1.82) is 0 Å². The molecule has 1 aromatic rings. The molecule has 0 amide bonds. The lowest BCUT2D eigenvalue weighted by Crippen LogP contribution is -2.00. The van der Waals surface area contributed by atoms with E-state index >= 15 is 0 Å². The SMILES string of the molecule is COc1c(C(C)O)cc2c(c1Cl)CCC2. The van der Waals surface area contributed by atoms with Gasteiger partial charge in [-0.05, 0) is 43.4 Å². The molecular weight excluding hydrogens is 212 g/mol. The molecule has 1 aliphatic rings. The van der Waals surface area contributed by atoms with Gasteiger partial charge in [0, 0.05) is 5.56 Å². The summed E-state index contributed by atoms with van der Waals surface area (Å²) in [6, 6.07) is 2.03. The molecule has 1 N–H and O–H groups in total. The number of benzene rings is 1. The van der Waals surface area contributed by atoms with Crippen molar-refractivity contribution >= 4 is 11.6 Å². The third kappa shape index (κ3) is 1.72. The van der Waals surface area contributed by atoms with E-state index in [4.69, 9.17) is 16.3 Å². The molecule has 1 aromatic carbocycles. The van der Waals surface area contributed by atoms with Crippen LogP contribution in [0.1, 0.15) is 36.1 Å². The highest BCUT2D eigenvalue weighted by Gasteiger charge is 2.22. The highest BCUT2D eigenvalue weighted by molar-refractivity contribution is 6.33. The maximum Gasteiger partial charge on any atom is 0.143 e. The fourth-order valence-electron chi connectivity index (χ4n) is 2.21. The molecule has 0 fully saturated rings. The minimum atomic E-state index is -0.539. The molecule has 0 heterocycles. The maximum absolute atomic E-state index is 9.65. The van der Waals surface area contributed by atoms with E-state index in [2.05, 4.69) is 0 Å². The second kappa shape index (κ2) is 4.03. The zero-order valence-corrected chi connectivity index (χ0v) is 9.77. The summed E-state index contributed by atoms with van der Waals surface area (Å²) >= 11 is 6.27. The van der Waals surface area contributed by atoms with Crippen LogP contribution in [0.15, 0.2) is 6.07 Å². The summed E-state index contributed by atoms with van der Waals surface area (Å²) in [6.45, 7) is 1.73. The number of fused-ring (bicyclic) bond motifs is 1. The number of hydrogen-bond donors (Lipinski definition) is 1. The lowest BCUT2D eigenvalue weighted by molar-refractivity contribution is 0.194. The molecule has 15 heavy (non-hydrogen) atoms. The fraction of sp³-hybridized carbons (Fsp3) is 0.500. The van der Waals surface area contributed by atoms with E-state index in [-0.39, 0.29) is 0 Å². The molecule has 1 aliphatic carbocycles. The van der Waals surface area contributed by atoms with Crippen molar-refractivity contribution in [3.63, 3.8) is 0 Å². The number of aliphatic hydroxyl groups excluding tert-OH is 1. The smallest absolute Gasteiger partial charge is 0.143 e. The van der Waals surface area contributed by atoms with Crippen molar-refractivity contribution in [2.45, 2.75) is 32.3 Å². The Hall–Kier alpha value is -0.730. The first-order valence-corrected chi connectivity index (χ1v) is 5.59. The molecule has 2 rings (SSSR count). The Morgan fingerprint density at radius 2 is 2.20 bits per heavy atom. The van der Waals surface area contributed by atoms with Crippen molar-refractivity contribution in [1.82, 2.24) is 0 Å². The molecule has 82 valence electrons. The molecule has 0 aliphatic heterocycles. The molecule has 0 saturated heterocycles. The Labute approximate surface area is 94.8 Å². The van der Waals surface area contributed by atoms with E-state index in [9.17, 15) is 5.11 Å². The monoisotopic (exact) mass is 226 g/mol. The zero-order valence-electron chi connectivity index (χ0n) is 9.01. The Morgan fingerprint density at radius 3 is 2.80 bits per heavy atom. The predicted molar refractivity (Wildman–Crippen MR) is 60.7 cm³/mol. The highest BCUT2D eigenvalue weighted by Crippen LogP contribution is 2.40. The van der Waals surface area contributed by atoms with Gasteiger partial charge < -0.3 is 9.84 Å². The van der Waals surface area contributed by atoms with E-state index in [1.807, 2.05) is 6.07 Å². The summed E-state index contributed by atoms with van der Waals surface area (Å²) in [7, 11) is 1.59. The molecule has 1 atom stereocenters. The first-order chi connectivity index (χ1) is 7.15. The number of rotatable bonds is 2. The molecule has 0 radical (unpaired) electrons. The van der Waals surface area contributed by atoms with Crippen LogP contribution in [0.2, 0.25) is 5.02 Å². The molecular formula is C12H15ClO2. The molecule has 2 nitrogen and oxygen atoms in total. The predicted octanol–water partition coefficient (Wildman–Crippen LogP) is 2.89. The molecule has 0 aromatic heterocycles. The molecule has 3 heteroatoms. The van der Waals surface area contributed by atoms with Crippen LogP contribution >= 0.6 is 11.6 Å². The van der Waals surface area contributed by atoms with Gasteiger partial charge in [0.25, 0.3) is 0 Å². The van der Waals surface area contributed by atoms with Crippen molar-refractivity contribution in [3.8, 4) is 5.75 Å². The number of aryl methyl sites for hydroxylation is 1. The van der Waals surface area contributed by atoms with Crippen molar-refractivity contribution in [2.24, 2.45) is 0 Å². The Morgan fingerprint density at radius 1 is 1.47 bits per heavy atom. The van der Waals surface area contributed by atoms with Gasteiger partial charge >= 0.3 is 0 Å². The third-order valence-electron chi connectivity index (χ3n) is 2.97. The van der Waals surface area contributed by atoms with Gasteiger partial charge in [0.1, 0.15) is 5.75 Å². The van der Waals surface area contributed by atoms with Gasteiger partial charge in [-0.25, -0.2) is 0 Å². The van der Waals surface area contributed by atoms with Crippen LogP contribution in [0.25, 0.3) is 0 Å². The number of aliphatic hydroxyl groups is 1. The van der Waals surface area contributed by atoms with Crippen molar-refractivity contribution in [2.75, 3.05) is 7.11 Å². The van der Waals surface area contributed by atoms with E-state index in [1.54, 1.807) is 14.0 Å². The van der Waals surface area contributed by atoms with Gasteiger partial charge in [-0.15, -0.1) is 0 Å². The number of methoxy groups -OCH3 is 1. The summed E-state index contributed by atoms with van der Waals surface area (Å²) in [5.74, 6) is 0.632. The lowest BCUT2D eigenvalue weighted by atomic mass is 10.0. The first-order valence-electron chi connectivity index (χ1n) is 5.21.